The first-order valence-corrected chi connectivity index (χ1v) is 7.67. The molecular formula is C19H22O. The minimum Gasteiger partial charge on any atom is -0.493 e. The molecule has 1 atom stereocenters. The van der Waals surface area contributed by atoms with Gasteiger partial charge in [0, 0.05) is 5.92 Å². The molecule has 2 aromatic carbocycles. The van der Waals surface area contributed by atoms with Gasteiger partial charge in [0.05, 0.1) is 6.61 Å². The van der Waals surface area contributed by atoms with Gasteiger partial charge >= 0.3 is 0 Å². The Balaban J connectivity index is 1.73. The van der Waals surface area contributed by atoms with E-state index in [0.717, 1.165) is 18.8 Å². The van der Waals surface area contributed by atoms with E-state index in [1.54, 1.807) is 0 Å². The lowest BCUT2D eigenvalue weighted by atomic mass is 9.83. The molecule has 1 aliphatic rings. The van der Waals surface area contributed by atoms with Crippen LogP contribution in [0.3, 0.4) is 0 Å². The van der Waals surface area contributed by atoms with E-state index in [0.29, 0.717) is 5.92 Å². The average Bonchev–Trinajstić information content (AvgIpc) is 2.53. The van der Waals surface area contributed by atoms with Crippen LogP contribution in [0, 0.1) is 0 Å². The molecule has 0 spiro atoms. The normalized spacial score (nSPS) is 17.6. The van der Waals surface area contributed by atoms with Gasteiger partial charge < -0.3 is 4.74 Å². The summed E-state index contributed by atoms with van der Waals surface area (Å²) in [5.41, 5.74) is 4.31. The van der Waals surface area contributed by atoms with Gasteiger partial charge in [-0.25, -0.2) is 0 Å². The third-order valence-electron chi connectivity index (χ3n) is 4.29. The van der Waals surface area contributed by atoms with Crippen LogP contribution in [0.2, 0.25) is 0 Å². The largest absolute Gasteiger partial charge is 0.493 e. The van der Waals surface area contributed by atoms with Crippen LogP contribution in [0.25, 0.3) is 0 Å². The number of para-hydroxylation sites is 1. The van der Waals surface area contributed by atoms with E-state index in [1.165, 1.54) is 36.0 Å². The Bertz CT molecular complexity index is 573. The summed E-state index contributed by atoms with van der Waals surface area (Å²) in [6, 6.07) is 17.2. The van der Waals surface area contributed by atoms with E-state index in [9.17, 15) is 0 Å². The molecule has 1 aliphatic carbocycles. The van der Waals surface area contributed by atoms with E-state index in [1.807, 2.05) is 0 Å². The van der Waals surface area contributed by atoms with Gasteiger partial charge in [0.1, 0.15) is 5.75 Å². The zero-order valence-corrected chi connectivity index (χ0v) is 12.1. The Kier molecular flexibility index (Phi) is 4.05. The zero-order chi connectivity index (χ0) is 13.8. The van der Waals surface area contributed by atoms with Crippen molar-refractivity contribution in [1.29, 1.82) is 0 Å². The molecule has 3 rings (SSSR count). The van der Waals surface area contributed by atoms with Crippen molar-refractivity contribution >= 4 is 0 Å². The fourth-order valence-corrected chi connectivity index (χ4v) is 3.15. The first kappa shape index (κ1) is 13.2. The minimum atomic E-state index is 0.546. The van der Waals surface area contributed by atoms with E-state index < -0.39 is 0 Å². The standard InChI is InChI=1S/C19H22O/c1-2-15-8-4-6-13-19(15)20-14-17-11-7-10-16-9-3-5-12-18(16)17/h3-6,8-9,12-13,17H,2,7,10-11,14H2,1H3. The minimum absolute atomic E-state index is 0.546. The lowest BCUT2D eigenvalue weighted by Crippen LogP contribution is -2.17. The SMILES string of the molecule is CCc1ccccc1OCC1CCCc2ccccc21. The molecule has 0 aliphatic heterocycles. The maximum absolute atomic E-state index is 6.12. The summed E-state index contributed by atoms with van der Waals surface area (Å²) >= 11 is 0. The third kappa shape index (κ3) is 2.72. The number of ether oxygens (including phenoxy) is 1. The molecule has 20 heavy (non-hydrogen) atoms. The highest BCUT2D eigenvalue weighted by Gasteiger charge is 2.20. The fourth-order valence-electron chi connectivity index (χ4n) is 3.15. The van der Waals surface area contributed by atoms with Gasteiger partial charge in [0.25, 0.3) is 0 Å². The topological polar surface area (TPSA) is 9.23 Å². The van der Waals surface area contributed by atoms with Crippen molar-refractivity contribution in [1.82, 2.24) is 0 Å². The molecule has 1 unspecified atom stereocenters. The summed E-state index contributed by atoms with van der Waals surface area (Å²) in [6.45, 7) is 2.98. The average molecular weight is 266 g/mol. The molecule has 0 heterocycles. The summed E-state index contributed by atoms with van der Waals surface area (Å²) in [5.74, 6) is 1.60. The van der Waals surface area contributed by atoms with Crippen LogP contribution in [0.15, 0.2) is 48.5 Å². The second kappa shape index (κ2) is 6.13. The molecular weight excluding hydrogens is 244 g/mol. The number of benzene rings is 2. The van der Waals surface area contributed by atoms with Crippen molar-refractivity contribution in [3.8, 4) is 5.75 Å². The van der Waals surface area contributed by atoms with Crippen molar-refractivity contribution in [2.75, 3.05) is 6.61 Å². The van der Waals surface area contributed by atoms with Crippen LogP contribution < -0.4 is 4.74 Å². The molecule has 1 nitrogen and oxygen atoms in total. The molecule has 1 heteroatoms. The predicted molar refractivity (Wildman–Crippen MR) is 83.4 cm³/mol. The van der Waals surface area contributed by atoms with Gasteiger partial charge in [-0.3, -0.25) is 0 Å². The van der Waals surface area contributed by atoms with Crippen molar-refractivity contribution < 1.29 is 4.74 Å². The monoisotopic (exact) mass is 266 g/mol. The summed E-state index contributed by atoms with van der Waals surface area (Å²) in [5, 5.41) is 0. The van der Waals surface area contributed by atoms with Crippen molar-refractivity contribution in [3.63, 3.8) is 0 Å². The number of hydrogen-bond acceptors (Lipinski definition) is 1. The molecule has 0 aromatic heterocycles. The molecule has 0 fully saturated rings. The Morgan fingerprint density at radius 3 is 2.75 bits per heavy atom. The molecule has 0 bridgehead atoms. The van der Waals surface area contributed by atoms with Gasteiger partial charge in [-0.05, 0) is 48.4 Å². The highest BCUT2D eigenvalue weighted by atomic mass is 16.5. The first-order chi connectivity index (χ1) is 9.88. The first-order valence-electron chi connectivity index (χ1n) is 7.67. The van der Waals surface area contributed by atoms with Gasteiger partial charge in [-0.2, -0.15) is 0 Å². The van der Waals surface area contributed by atoms with Crippen LogP contribution in [-0.2, 0) is 12.8 Å². The van der Waals surface area contributed by atoms with Gasteiger partial charge in [-0.1, -0.05) is 49.4 Å². The molecule has 0 radical (unpaired) electrons. The van der Waals surface area contributed by atoms with E-state index in [2.05, 4.69) is 55.5 Å². The molecule has 0 amide bonds. The molecule has 0 N–H and O–H groups in total. The highest BCUT2D eigenvalue weighted by molar-refractivity contribution is 5.35. The smallest absolute Gasteiger partial charge is 0.122 e. The lowest BCUT2D eigenvalue weighted by molar-refractivity contribution is 0.272. The Labute approximate surface area is 121 Å². The Morgan fingerprint density at radius 2 is 1.85 bits per heavy atom. The predicted octanol–water partition coefficient (Wildman–Crippen LogP) is 4.75. The highest BCUT2D eigenvalue weighted by Crippen LogP contribution is 2.32. The summed E-state index contributed by atoms with van der Waals surface area (Å²) in [7, 11) is 0. The van der Waals surface area contributed by atoms with E-state index in [4.69, 9.17) is 4.74 Å². The maximum atomic E-state index is 6.12. The lowest BCUT2D eigenvalue weighted by Gasteiger charge is -2.25. The van der Waals surface area contributed by atoms with Crippen LogP contribution in [0.4, 0.5) is 0 Å². The zero-order valence-electron chi connectivity index (χ0n) is 12.1. The van der Waals surface area contributed by atoms with Crippen LogP contribution >= 0.6 is 0 Å². The van der Waals surface area contributed by atoms with Crippen molar-refractivity contribution in [2.24, 2.45) is 0 Å². The maximum Gasteiger partial charge on any atom is 0.122 e. The summed E-state index contributed by atoms with van der Waals surface area (Å²) < 4.78 is 6.12. The fraction of sp³-hybridized carbons (Fsp3) is 0.368. The van der Waals surface area contributed by atoms with Crippen molar-refractivity contribution in [2.45, 2.75) is 38.5 Å². The summed E-state index contributed by atoms with van der Waals surface area (Å²) in [4.78, 5) is 0. The van der Waals surface area contributed by atoms with Crippen molar-refractivity contribution in [3.05, 3.63) is 65.2 Å². The number of rotatable bonds is 4. The van der Waals surface area contributed by atoms with Crippen LogP contribution in [0.1, 0.15) is 42.4 Å². The second-order valence-electron chi connectivity index (χ2n) is 5.56. The molecule has 104 valence electrons. The van der Waals surface area contributed by atoms with Gasteiger partial charge in [-0.15, -0.1) is 0 Å². The molecule has 0 saturated carbocycles. The van der Waals surface area contributed by atoms with E-state index in [-0.39, 0.29) is 0 Å². The Morgan fingerprint density at radius 1 is 1.05 bits per heavy atom. The number of hydrogen-bond donors (Lipinski definition) is 0. The molecule has 0 saturated heterocycles. The second-order valence-corrected chi connectivity index (χ2v) is 5.56. The van der Waals surface area contributed by atoms with Crippen LogP contribution in [-0.4, -0.2) is 6.61 Å². The van der Waals surface area contributed by atoms with Crippen LogP contribution in [0.5, 0.6) is 5.75 Å². The van der Waals surface area contributed by atoms with E-state index >= 15 is 0 Å². The van der Waals surface area contributed by atoms with Gasteiger partial charge in [0.2, 0.25) is 0 Å². The number of aryl methyl sites for hydroxylation is 2. The number of fused-ring (bicyclic) bond motifs is 1. The summed E-state index contributed by atoms with van der Waals surface area (Å²) in [6.07, 6.45) is 4.77. The third-order valence-corrected chi connectivity index (χ3v) is 4.29. The molecule has 2 aromatic rings. The quantitative estimate of drug-likeness (QED) is 0.776. The Hall–Kier alpha value is -1.76. The van der Waals surface area contributed by atoms with Gasteiger partial charge in [0.15, 0.2) is 0 Å².